The van der Waals surface area contributed by atoms with Crippen LogP contribution in [0.2, 0.25) is 0 Å². The van der Waals surface area contributed by atoms with Crippen molar-refractivity contribution in [3.05, 3.63) is 23.8 Å². The second-order valence-corrected chi connectivity index (χ2v) is 5.73. The van der Waals surface area contributed by atoms with Crippen molar-refractivity contribution in [1.29, 1.82) is 0 Å². The Morgan fingerprint density at radius 1 is 1.00 bits per heavy atom. The monoisotopic (exact) mass is 234 g/mol. The molecule has 0 atom stereocenters. The molecule has 2 heteroatoms. The highest BCUT2D eigenvalue weighted by atomic mass is 16.7. The van der Waals surface area contributed by atoms with Gasteiger partial charge in [0.1, 0.15) is 0 Å². The molecule has 1 aliphatic heterocycles. The molecule has 0 spiro atoms. The Bertz CT molecular complexity index is 411. The zero-order chi connectivity index (χ0) is 12.7. The van der Waals surface area contributed by atoms with E-state index in [1.165, 1.54) is 5.56 Å². The second-order valence-electron chi connectivity index (χ2n) is 5.73. The van der Waals surface area contributed by atoms with Crippen LogP contribution in [0.4, 0.5) is 0 Å². The third-order valence-electron chi connectivity index (χ3n) is 3.48. The van der Waals surface area contributed by atoms with Crippen LogP contribution in [0, 0.1) is 0 Å². The zero-order valence-electron chi connectivity index (χ0n) is 11.5. The lowest BCUT2D eigenvalue weighted by Gasteiger charge is -2.24. The molecule has 0 fully saturated rings. The zero-order valence-corrected chi connectivity index (χ0v) is 11.5. The third kappa shape index (κ3) is 2.13. The first kappa shape index (κ1) is 12.3. The Morgan fingerprint density at radius 2 is 1.59 bits per heavy atom. The summed E-state index contributed by atoms with van der Waals surface area (Å²) in [4.78, 5) is 0. The van der Waals surface area contributed by atoms with Gasteiger partial charge in [-0.25, -0.2) is 0 Å². The first-order valence-corrected chi connectivity index (χ1v) is 6.43. The van der Waals surface area contributed by atoms with Crippen molar-refractivity contribution >= 4 is 0 Å². The fourth-order valence-electron chi connectivity index (χ4n) is 2.10. The summed E-state index contributed by atoms with van der Waals surface area (Å²) >= 11 is 0. The largest absolute Gasteiger partial charge is 0.448 e. The van der Waals surface area contributed by atoms with Gasteiger partial charge in [0.2, 0.25) is 0 Å². The Kier molecular flexibility index (Phi) is 2.84. The van der Waals surface area contributed by atoms with Crippen molar-refractivity contribution < 1.29 is 9.47 Å². The van der Waals surface area contributed by atoms with E-state index >= 15 is 0 Å². The minimum absolute atomic E-state index is 0.141. The topological polar surface area (TPSA) is 18.5 Å². The standard InChI is InChI=1S/C15H22O2/c1-6-15(7-2)16-12-9-8-11(14(3,4)5)10-13(12)17-15/h8-10H,6-7H2,1-5H3. The number of ether oxygens (including phenoxy) is 2. The average Bonchev–Trinajstić information content (AvgIpc) is 2.66. The average molecular weight is 234 g/mol. The second kappa shape index (κ2) is 3.94. The molecule has 94 valence electrons. The summed E-state index contributed by atoms with van der Waals surface area (Å²) in [6.45, 7) is 10.8. The maximum absolute atomic E-state index is 6.01. The Morgan fingerprint density at radius 3 is 2.12 bits per heavy atom. The normalized spacial score (nSPS) is 17.2. The van der Waals surface area contributed by atoms with Gasteiger partial charge < -0.3 is 9.47 Å². The summed E-state index contributed by atoms with van der Waals surface area (Å²) in [5.41, 5.74) is 1.42. The van der Waals surface area contributed by atoms with Gasteiger partial charge in [0.25, 0.3) is 5.79 Å². The minimum atomic E-state index is -0.446. The van der Waals surface area contributed by atoms with Gasteiger partial charge in [-0.05, 0) is 23.1 Å². The van der Waals surface area contributed by atoms with Crippen LogP contribution < -0.4 is 9.47 Å². The Labute approximate surface area is 104 Å². The highest BCUT2D eigenvalue weighted by Crippen LogP contribution is 2.44. The van der Waals surface area contributed by atoms with Gasteiger partial charge in [-0.1, -0.05) is 40.7 Å². The number of hydrogen-bond acceptors (Lipinski definition) is 2. The van der Waals surface area contributed by atoms with Crippen molar-refractivity contribution in [2.75, 3.05) is 0 Å². The van der Waals surface area contributed by atoms with Crippen molar-refractivity contribution in [2.24, 2.45) is 0 Å². The van der Waals surface area contributed by atoms with Crippen molar-refractivity contribution in [3.63, 3.8) is 0 Å². The number of fused-ring (bicyclic) bond motifs is 1. The highest BCUT2D eigenvalue weighted by Gasteiger charge is 2.38. The van der Waals surface area contributed by atoms with Gasteiger partial charge >= 0.3 is 0 Å². The minimum Gasteiger partial charge on any atom is -0.448 e. The lowest BCUT2D eigenvalue weighted by molar-refractivity contribution is -0.0843. The predicted octanol–water partition coefficient (Wildman–Crippen LogP) is 4.27. The van der Waals surface area contributed by atoms with E-state index in [0.717, 1.165) is 24.3 Å². The fraction of sp³-hybridized carbons (Fsp3) is 0.600. The summed E-state index contributed by atoms with van der Waals surface area (Å²) in [7, 11) is 0. The summed E-state index contributed by atoms with van der Waals surface area (Å²) in [6, 6.07) is 6.27. The molecule has 1 aromatic carbocycles. The maximum Gasteiger partial charge on any atom is 0.251 e. The van der Waals surface area contributed by atoms with Crippen molar-refractivity contribution in [3.8, 4) is 11.5 Å². The van der Waals surface area contributed by atoms with Gasteiger partial charge in [-0.15, -0.1) is 0 Å². The molecule has 0 unspecified atom stereocenters. The lowest BCUT2D eigenvalue weighted by Crippen LogP contribution is -2.36. The molecule has 0 radical (unpaired) electrons. The van der Waals surface area contributed by atoms with E-state index in [2.05, 4.69) is 46.8 Å². The molecule has 2 nitrogen and oxygen atoms in total. The van der Waals surface area contributed by atoms with Gasteiger partial charge in [0, 0.05) is 12.8 Å². The SMILES string of the molecule is CCC1(CC)Oc2ccc(C(C)(C)C)cc2O1. The van der Waals surface area contributed by atoms with Gasteiger partial charge in [0.05, 0.1) is 0 Å². The highest BCUT2D eigenvalue weighted by molar-refractivity contribution is 5.47. The number of benzene rings is 1. The van der Waals surface area contributed by atoms with E-state index in [1.54, 1.807) is 0 Å². The summed E-state index contributed by atoms with van der Waals surface area (Å²) in [5.74, 6) is 1.32. The molecule has 0 N–H and O–H groups in total. The van der Waals surface area contributed by atoms with Crippen LogP contribution in [0.25, 0.3) is 0 Å². The first-order chi connectivity index (χ1) is 7.90. The predicted molar refractivity (Wildman–Crippen MR) is 69.7 cm³/mol. The molecule has 0 saturated heterocycles. The van der Waals surface area contributed by atoms with Gasteiger partial charge in [-0.2, -0.15) is 0 Å². The van der Waals surface area contributed by atoms with Gasteiger partial charge in [0.15, 0.2) is 11.5 Å². The van der Waals surface area contributed by atoms with Crippen molar-refractivity contribution in [2.45, 2.75) is 58.7 Å². The van der Waals surface area contributed by atoms with Crippen LogP contribution in [0.1, 0.15) is 53.0 Å². The first-order valence-electron chi connectivity index (χ1n) is 6.43. The van der Waals surface area contributed by atoms with E-state index < -0.39 is 5.79 Å². The smallest absolute Gasteiger partial charge is 0.251 e. The molecular formula is C15H22O2. The van der Waals surface area contributed by atoms with E-state index in [0.29, 0.717) is 0 Å². The van der Waals surface area contributed by atoms with E-state index in [1.807, 2.05) is 6.07 Å². The quantitative estimate of drug-likeness (QED) is 0.760. The van der Waals surface area contributed by atoms with Crippen LogP contribution in [0.5, 0.6) is 11.5 Å². The number of hydrogen-bond donors (Lipinski definition) is 0. The van der Waals surface area contributed by atoms with E-state index in [4.69, 9.17) is 9.47 Å². The molecule has 0 aliphatic carbocycles. The molecule has 0 amide bonds. The molecule has 1 heterocycles. The van der Waals surface area contributed by atoms with Crippen LogP contribution in [-0.4, -0.2) is 5.79 Å². The Balaban J connectivity index is 2.34. The van der Waals surface area contributed by atoms with Crippen LogP contribution in [0.15, 0.2) is 18.2 Å². The Hall–Kier alpha value is -1.18. The molecule has 2 rings (SSSR count). The number of rotatable bonds is 2. The molecule has 0 aromatic heterocycles. The molecule has 0 saturated carbocycles. The third-order valence-corrected chi connectivity index (χ3v) is 3.48. The molecule has 1 aromatic rings. The summed E-state index contributed by atoms with van der Waals surface area (Å²) in [5, 5.41) is 0. The molecule has 0 bridgehead atoms. The van der Waals surface area contributed by atoms with Crippen LogP contribution in [0.3, 0.4) is 0 Å². The van der Waals surface area contributed by atoms with E-state index in [-0.39, 0.29) is 5.41 Å². The molecule has 17 heavy (non-hydrogen) atoms. The molecule has 1 aliphatic rings. The van der Waals surface area contributed by atoms with Crippen LogP contribution >= 0.6 is 0 Å². The molecular weight excluding hydrogens is 212 g/mol. The van der Waals surface area contributed by atoms with Crippen molar-refractivity contribution in [1.82, 2.24) is 0 Å². The van der Waals surface area contributed by atoms with Gasteiger partial charge in [-0.3, -0.25) is 0 Å². The summed E-state index contributed by atoms with van der Waals surface area (Å²) < 4.78 is 11.9. The summed E-state index contributed by atoms with van der Waals surface area (Å²) in [6.07, 6.45) is 1.73. The maximum atomic E-state index is 6.01. The van der Waals surface area contributed by atoms with Crippen LogP contribution in [-0.2, 0) is 5.41 Å². The van der Waals surface area contributed by atoms with E-state index in [9.17, 15) is 0 Å². The lowest BCUT2D eigenvalue weighted by atomic mass is 9.87. The fourth-order valence-corrected chi connectivity index (χ4v) is 2.10.